The number of ketones is 2. The van der Waals surface area contributed by atoms with Gasteiger partial charge in [0.05, 0.1) is 6.04 Å². The van der Waals surface area contributed by atoms with Crippen LogP contribution in [0.1, 0.15) is 32.1 Å². The van der Waals surface area contributed by atoms with Crippen molar-refractivity contribution >= 4 is 23.5 Å². The molecule has 0 radical (unpaired) electrons. The van der Waals surface area contributed by atoms with Crippen LogP contribution in [0.25, 0.3) is 0 Å². The molecule has 0 fully saturated rings. The summed E-state index contributed by atoms with van der Waals surface area (Å²) in [6, 6.07) is -1.61. The predicted octanol–water partition coefficient (Wildman–Crippen LogP) is -3.12. The van der Waals surface area contributed by atoms with E-state index in [4.69, 9.17) is 28.7 Å². The van der Waals surface area contributed by atoms with E-state index >= 15 is 0 Å². The first-order valence-corrected chi connectivity index (χ1v) is 7.75. The highest BCUT2D eigenvalue weighted by atomic mass is 16.4. The van der Waals surface area contributed by atoms with Gasteiger partial charge in [0.1, 0.15) is 0 Å². The van der Waals surface area contributed by atoms with Gasteiger partial charge in [-0.05, 0) is 38.8 Å². The van der Waals surface area contributed by atoms with Crippen molar-refractivity contribution in [1.82, 2.24) is 0 Å². The average Bonchev–Trinajstić information content (AvgIpc) is 2.55. The molecule has 0 amide bonds. The van der Waals surface area contributed by atoms with Crippen molar-refractivity contribution in [3.05, 3.63) is 0 Å². The van der Waals surface area contributed by atoms with Crippen LogP contribution in [-0.2, 0) is 19.2 Å². The van der Waals surface area contributed by atoms with Crippen LogP contribution < -0.4 is 28.7 Å². The maximum Gasteiger partial charge on any atom is 0.331 e. The quantitative estimate of drug-likeness (QED) is 0.162. The summed E-state index contributed by atoms with van der Waals surface area (Å²) in [5.74, 6) is -5.27. The van der Waals surface area contributed by atoms with Crippen LogP contribution in [0.2, 0.25) is 0 Å². The fraction of sp³-hybridized carbons (Fsp3) is 0.714. The molecule has 0 aliphatic rings. The Kier molecular flexibility index (Phi) is 8.80. The number of carbonyl (C=O) groups excluding carboxylic acids is 2. The minimum absolute atomic E-state index is 0.109. The monoisotopic (exact) mass is 361 g/mol. The second-order valence-corrected chi connectivity index (χ2v) is 5.94. The van der Waals surface area contributed by atoms with Gasteiger partial charge in [-0.2, -0.15) is 0 Å². The molecule has 0 aliphatic heterocycles. The molecule has 0 aromatic carbocycles. The van der Waals surface area contributed by atoms with Crippen LogP contribution in [-0.4, -0.2) is 63.9 Å². The number of carbonyl (C=O) groups is 4. The highest BCUT2D eigenvalue weighted by molar-refractivity contribution is 6.13. The largest absolute Gasteiger partial charge is 0.480 e. The SMILES string of the molecule is NCCCC(N)(C(=O)O)C(=O)CC(N)C(=O)C(N)(CCCN)C(=O)O. The molecular formula is C14H27N5O6. The molecule has 0 rings (SSSR count). The highest BCUT2D eigenvalue weighted by Gasteiger charge is 2.47. The van der Waals surface area contributed by atoms with Gasteiger partial charge in [-0.25, -0.2) is 9.59 Å². The fourth-order valence-corrected chi connectivity index (χ4v) is 2.27. The smallest absolute Gasteiger partial charge is 0.331 e. The summed E-state index contributed by atoms with van der Waals surface area (Å²) in [6.07, 6.45) is -0.926. The van der Waals surface area contributed by atoms with Crippen molar-refractivity contribution in [3.63, 3.8) is 0 Å². The van der Waals surface area contributed by atoms with Crippen LogP contribution in [0.15, 0.2) is 0 Å². The number of rotatable bonds is 13. The van der Waals surface area contributed by atoms with Crippen molar-refractivity contribution in [3.8, 4) is 0 Å². The van der Waals surface area contributed by atoms with Gasteiger partial charge in [-0.15, -0.1) is 0 Å². The first-order valence-electron chi connectivity index (χ1n) is 7.75. The number of carboxylic acids is 2. The molecule has 0 aromatic rings. The van der Waals surface area contributed by atoms with E-state index in [9.17, 15) is 29.4 Å². The van der Waals surface area contributed by atoms with Gasteiger partial charge >= 0.3 is 11.9 Å². The van der Waals surface area contributed by atoms with E-state index in [2.05, 4.69) is 0 Å². The molecule has 3 atom stereocenters. The summed E-state index contributed by atoms with van der Waals surface area (Å²) < 4.78 is 0. The average molecular weight is 361 g/mol. The molecule has 0 spiro atoms. The summed E-state index contributed by atoms with van der Waals surface area (Å²) in [4.78, 5) is 47.2. The van der Waals surface area contributed by atoms with E-state index in [-0.39, 0.29) is 38.8 Å². The summed E-state index contributed by atoms with van der Waals surface area (Å²) in [6.45, 7) is 0.228. The summed E-state index contributed by atoms with van der Waals surface area (Å²) >= 11 is 0. The molecule has 11 nitrogen and oxygen atoms in total. The van der Waals surface area contributed by atoms with Crippen molar-refractivity contribution < 1.29 is 29.4 Å². The third-order valence-electron chi connectivity index (χ3n) is 3.99. The number of aliphatic carboxylic acids is 2. The molecule has 0 saturated heterocycles. The maximum atomic E-state index is 12.3. The molecular weight excluding hydrogens is 334 g/mol. The van der Waals surface area contributed by atoms with Crippen LogP contribution >= 0.6 is 0 Å². The first-order chi connectivity index (χ1) is 11.5. The Labute approximate surface area is 144 Å². The van der Waals surface area contributed by atoms with E-state index in [1.807, 2.05) is 0 Å². The topological polar surface area (TPSA) is 239 Å². The van der Waals surface area contributed by atoms with Crippen molar-refractivity contribution in [1.29, 1.82) is 0 Å². The Bertz CT molecular complexity index is 528. The molecule has 11 heteroatoms. The number of carboxylic acid groups (broad SMARTS) is 2. The van der Waals surface area contributed by atoms with Gasteiger partial charge in [0, 0.05) is 6.42 Å². The normalized spacial score (nSPS) is 17.2. The zero-order valence-corrected chi connectivity index (χ0v) is 13.9. The van der Waals surface area contributed by atoms with Crippen LogP contribution in [0.5, 0.6) is 0 Å². The Morgan fingerprint density at radius 2 is 1.24 bits per heavy atom. The van der Waals surface area contributed by atoms with Gasteiger partial charge in [0.2, 0.25) is 0 Å². The second-order valence-electron chi connectivity index (χ2n) is 5.94. The Balaban J connectivity index is 5.30. The van der Waals surface area contributed by atoms with Crippen LogP contribution in [0.3, 0.4) is 0 Å². The molecule has 0 bridgehead atoms. The number of hydrogen-bond donors (Lipinski definition) is 7. The molecule has 144 valence electrons. The van der Waals surface area contributed by atoms with Gasteiger partial charge in [0.25, 0.3) is 0 Å². The Morgan fingerprint density at radius 1 is 0.840 bits per heavy atom. The zero-order chi connectivity index (χ0) is 19.8. The van der Waals surface area contributed by atoms with Gasteiger partial charge < -0.3 is 38.9 Å². The fourth-order valence-electron chi connectivity index (χ4n) is 2.27. The van der Waals surface area contributed by atoms with E-state index in [1.165, 1.54) is 0 Å². The lowest BCUT2D eigenvalue weighted by atomic mass is 9.81. The lowest BCUT2D eigenvalue weighted by molar-refractivity contribution is -0.152. The minimum atomic E-state index is -2.31. The molecule has 0 saturated carbocycles. The minimum Gasteiger partial charge on any atom is -0.480 e. The zero-order valence-electron chi connectivity index (χ0n) is 13.9. The van der Waals surface area contributed by atoms with Gasteiger partial charge in [-0.1, -0.05) is 0 Å². The van der Waals surface area contributed by atoms with Crippen molar-refractivity contribution in [2.45, 2.75) is 49.2 Å². The van der Waals surface area contributed by atoms with E-state index in [1.54, 1.807) is 0 Å². The van der Waals surface area contributed by atoms with Crippen molar-refractivity contribution in [2.75, 3.05) is 13.1 Å². The van der Waals surface area contributed by atoms with Crippen molar-refractivity contribution in [2.24, 2.45) is 28.7 Å². The standard InChI is InChI=1S/C14H27N5O6/c15-5-1-3-13(18,11(22)23)9(20)7-8(17)10(21)14(19,12(24)25)4-2-6-16/h8H,1-7,15-19H2,(H,22,23)(H,24,25). The third-order valence-corrected chi connectivity index (χ3v) is 3.99. The molecule has 0 heterocycles. The van der Waals surface area contributed by atoms with Gasteiger partial charge in [0.15, 0.2) is 22.6 Å². The lowest BCUT2D eigenvalue weighted by Crippen LogP contribution is -2.62. The molecule has 0 aliphatic carbocycles. The molecule has 0 aromatic heterocycles. The first kappa shape index (κ1) is 23.1. The Morgan fingerprint density at radius 3 is 1.60 bits per heavy atom. The van der Waals surface area contributed by atoms with E-state index < -0.39 is 47.0 Å². The molecule has 12 N–H and O–H groups in total. The molecule has 3 unspecified atom stereocenters. The summed E-state index contributed by atoms with van der Waals surface area (Å²) in [5, 5.41) is 18.4. The van der Waals surface area contributed by atoms with E-state index in [0.29, 0.717) is 0 Å². The lowest BCUT2D eigenvalue weighted by Gasteiger charge is -2.28. The summed E-state index contributed by atoms with van der Waals surface area (Å²) in [7, 11) is 0. The van der Waals surface area contributed by atoms with Gasteiger partial charge in [-0.3, -0.25) is 9.59 Å². The Hall–Kier alpha value is -1.92. The van der Waals surface area contributed by atoms with Crippen LogP contribution in [0, 0.1) is 0 Å². The van der Waals surface area contributed by atoms with E-state index in [0.717, 1.165) is 0 Å². The number of hydrogen-bond acceptors (Lipinski definition) is 9. The number of Topliss-reactive ketones (excluding diaryl/α,β-unsaturated/α-hetero) is 2. The second kappa shape index (κ2) is 9.53. The molecule has 25 heavy (non-hydrogen) atoms. The number of nitrogens with two attached hydrogens (primary N) is 5. The highest BCUT2D eigenvalue weighted by Crippen LogP contribution is 2.18. The van der Waals surface area contributed by atoms with Crippen LogP contribution in [0.4, 0.5) is 0 Å². The predicted molar refractivity (Wildman–Crippen MR) is 88.3 cm³/mol. The maximum absolute atomic E-state index is 12.3. The third kappa shape index (κ3) is 5.54. The summed E-state index contributed by atoms with van der Waals surface area (Å²) in [5.41, 5.74) is 22.9.